The minimum absolute atomic E-state index is 0.136. The van der Waals surface area contributed by atoms with Crippen LogP contribution in [0, 0.1) is 0 Å². The number of nitrogens with one attached hydrogen (secondary N) is 1. The van der Waals surface area contributed by atoms with Gasteiger partial charge in [-0.1, -0.05) is 0 Å². The van der Waals surface area contributed by atoms with Gasteiger partial charge in [-0.05, 0) is 36.4 Å². The third-order valence-electron chi connectivity index (χ3n) is 4.88. The number of carbonyl (C=O) groups excluding carboxylic acids is 1. The Morgan fingerprint density at radius 2 is 1.90 bits per heavy atom. The van der Waals surface area contributed by atoms with Gasteiger partial charge in [-0.3, -0.25) is 14.2 Å². The van der Waals surface area contributed by atoms with Gasteiger partial charge in [0.2, 0.25) is 5.91 Å². The monoisotopic (exact) mass is 390 g/mol. The molecule has 4 aromatic rings. The minimum Gasteiger partial charge on any atom is -0.486 e. The fraction of sp³-hybridized carbons (Fsp3) is 0.190. The number of carbonyl (C=O) groups is 1. The fourth-order valence-corrected chi connectivity index (χ4v) is 3.55. The third kappa shape index (κ3) is 3.08. The van der Waals surface area contributed by atoms with Crippen LogP contribution >= 0.6 is 0 Å². The predicted octanol–water partition coefficient (Wildman–Crippen LogP) is 2.45. The molecule has 146 valence electrons. The van der Waals surface area contributed by atoms with E-state index in [9.17, 15) is 9.59 Å². The highest BCUT2D eigenvalue weighted by atomic mass is 16.6. The summed E-state index contributed by atoms with van der Waals surface area (Å²) in [5.74, 6) is 1.07. The number of aryl methyl sites for hydroxylation is 1. The van der Waals surface area contributed by atoms with E-state index in [2.05, 4.69) is 10.3 Å². The Morgan fingerprint density at radius 3 is 2.79 bits per heavy atom. The van der Waals surface area contributed by atoms with Crippen molar-refractivity contribution in [2.75, 3.05) is 18.5 Å². The number of nitrogens with zero attached hydrogens (tertiary/aromatic N) is 3. The number of aromatic nitrogens is 3. The van der Waals surface area contributed by atoms with Crippen molar-refractivity contribution in [1.82, 2.24) is 14.0 Å². The Bertz CT molecular complexity index is 1290. The number of hydrogen-bond acceptors (Lipinski definition) is 5. The lowest BCUT2D eigenvalue weighted by molar-refractivity contribution is -0.116. The highest BCUT2D eigenvalue weighted by Gasteiger charge is 2.15. The average molecular weight is 390 g/mol. The molecule has 0 aliphatic carbocycles. The van der Waals surface area contributed by atoms with Crippen LogP contribution < -0.4 is 20.3 Å². The number of anilines is 1. The maximum absolute atomic E-state index is 12.9. The third-order valence-corrected chi connectivity index (χ3v) is 4.88. The summed E-state index contributed by atoms with van der Waals surface area (Å²) in [6.07, 6.45) is 3.61. The zero-order valence-corrected chi connectivity index (χ0v) is 15.5. The summed E-state index contributed by atoms with van der Waals surface area (Å²) >= 11 is 0. The van der Waals surface area contributed by atoms with Crippen molar-refractivity contribution in [2.24, 2.45) is 0 Å². The quantitative estimate of drug-likeness (QED) is 0.578. The van der Waals surface area contributed by atoms with Crippen LogP contribution in [0.25, 0.3) is 16.7 Å². The Hall–Kier alpha value is -3.81. The van der Waals surface area contributed by atoms with Gasteiger partial charge >= 0.3 is 0 Å². The maximum atomic E-state index is 12.9. The summed E-state index contributed by atoms with van der Waals surface area (Å²) in [5, 5.41) is 2.85. The van der Waals surface area contributed by atoms with Crippen molar-refractivity contribution in [1.29, 1.82) is 0 Å². The van der Waals surface area contributed by atoms with E-state index in [1.807, 2.05) is 28.8 Å². The molecular weight excluding hydrogens is 372 g/mol. The first-order valence-electron chi connectivity index (χ1n) is 9.35. The number of ether oxygens (including phenoxy) is 2. The molecule has 4 heterocycles. The van der Waals surface area contributed by atoms with Gasteiger partial charge in [-0.2, -0.15) is 0 Å². The number of pyridine rings is 1. The molecule has 1 aliphatic heterocycles. The summed E-state index contributed by atoms with van der Waals surface area (Å²) in [6, 6.07) is 12.6. The van der Waals surface area contributed by atoms with E-state index < -0.39 is 0 Å². The minimum atomic E-state index is -0.201. The predicted molar refractivity (Wildman–Crippen MR) is 108 cm³/mol. The first-order valence-corrected chi connectivity index (χ1v) is 9.35. The number of hydrogen-bond donors (Lipinski definition) is 1. The SMILES string of the molecule is O=C(CCn1c(=O)c2cccn2c2cccnc21)Nc1ccc2c(c1)OCCO2. The van der Waals surface area contributed by atoms with Crippen molar-refractivity contribution in [3.05, 3.63) is 65.2 Å². The van der Waals surface area contributed by atoms with Crippen molar-refractivity contribution < 1.29 is 14.3 Å². The second-order valence-corrected chi connectivity index (χ2v) is 6.72. The fourth-order valence-electron chi connectivity index (χ4n) is 3.55. The second kappa shape index (κ2) is 6.97. The zero-order valence-electron chi connectivity index (χ0n) is 15.5. The smallest absolute Gasteiger partial charge is 0.276 e. The number of benzene rings is 1. The van der Waals surface area contributed by atoms with E-state index in [1.165, 1.54) is 0 Å². The average Bonchev–Trinajstić information content (AvgIpc) is 3.24. The summed E-state index contributed by atoms with van der Waals surface area (Å²) in [4.78, 5) is 29.7. The van der Waals surface area contributed by atoms with Crippen LogP contribution in [0.15, 0.2) is 59.7 Å². The van der Waals surface area contributed by atoms with Crippen molar-refractivity contribution >= 4 is 28.3 Å². The van der Waals surface area contributed by atoms with E-state index >= 15 is 0 Å². The van der Waals surface area contributed by atoms with Gasteiger partial charge in [0.15, 0.2) is 17.1 Å². The summed E-state index contributed by atoms with van der Waals surface area (Å²) in [6.45, 7) is 1.22. The van der Waals surface area contributed by atoms with Gasteiger partial charge in [0.1, 0.15) is 18.7 Å². The second-order valence-electron chi connectivity index (χ2n) is 6.72. The van der Waals surface area contributed by atoms with E-state index in [4.69, 9.17) is 9.47 Å². The summed E-state index contributed by atoms with van der Waals surface area (Å²) < 4.78 is 14.4. The Labute approximate surface area is 165 Å². The van der Waals surface area contributed by atoms with Crippen LogP contribution in [0.2, 0.25) is 0 Å². The van der Waals surface area contributed by atoms with Gasteiger partial charge in [0, 0.05) is 37.1 Å². The molecule has 0 saturated carbocycles. The maximum Gasteiger partial charge on any atom is 0.276 e. The lowest BCUT2D eigenvalue weighted by atomic mass is 10.2. The van der Waals surface area contributed by atoms with Gasteiger partial charge < -0.3 is 19.2 Å². The molecule has 0 fully saturated rings. The molecule has 5 rings (SSSR count). The van der Waals surface area contributed by atoms with Crippen LogP contribution in [0.5, 0.6) is 11.5 Å². The molecule has 8 heteroatoms. The molecule has 29 heavy (non-hydrogen) atoms. The first kappa shape index (κ1) is 17.3. The van der Waals surface area contributed by atoms with Crippen LogP contribution in [-0.4, -0.2) is 33.1 Å². The molecule has 0 radical (unpaired) electrons. The Balaban J connectivity index is 1.38. The Kier molecular flexibility index (Phi) is 4.16. The number of fused-ring (bicyclic) bond motifs is 4. The molecule has 0 bridgehead atoms. The van der Waals surface area contributed by atoms with Crippen molar-refractivity contribution in [2.45, 2.75) is 13.0 Å². The standard InChI is InChI=1S/C21H18N4O4/c26-19(23-14-5-6-17-18(13-14)29-12-11-28-17)7-10-25-20-15(3-1-8-22-20)24-9-2-4-16(24)21(25)27/h1-6,8-9,13H,7,10-12H2,(H,23,26). The highest BCUT2D eigenvalue weighted by molar-refractivity contribution is 5.91. The molecule has 3 aromatic heterocycles. The van der Waals surface area contributed by atoms with Crippen molar-refractivity contribution in [3.8, 4) is 11.5 Å². The molecular formula is C21H18N4O4. The Morgan fingerprint density at radius 1 is 1.07 bits per heavy atom. The highest BCUT2D eigenvalue weighted by Crippen LogP contribution is 2.32. The molecule has 0 spiro atoms. The molecule has 0 saturated heterocycles. The number of amides is 1. The van der Waals surface area contributed by atoms with E-state index in [0.717, 1.165) is 5.52 Å². The molecule has 1 amide bonds. The lowest BCUT2D eigenvalue weighted by Gasteiger charge is -2.19. The molecule has 1 aliphatic rings. The summed E-state index contributed by atoms with van der Waals surface area (Å²) in [7, 11) is 0. The van der Waals surface area contributed by atoms with Gasteiger partial charge in [0.25, 0.3) is 5.56 Å². The lowest BCUT2D eigenvalue weighted by Crippen LogP contribution is -2.25. The zero-order chi connectivity index (χ0) is 19.8. The molecule has 0 atom stereocenters. The molecule has 1 N–H and O–H groups in total. The van der Waals surface area contributed by atoms with E-state index in [1.54, 1.807) is 35.0 Å². The normalized spacial score (nSPS) is 13.0. The first-order chi connectivity index (χ1) is 14.2. The van der Waals surface area contributed by atoms with E-state index in [0.29, 0.717) is 41.6 Å². The largest absolute Gasteiger partial charge is 0.486 e. The van der Waals surface area contributed by atoms with Gasteiger partial charge in [-0.15, -0.1) is 0 Å². The van der Waals surface area contributed by atoms with Crippen LogP contribution in [-0.2, 0) is 11.3 Å². The van der Waals surface area contributed by atoms with Crippen LogP contribution in [0.4, 0.5) is 5.69 Å². The summed E-state index contributed by atoms with van der Waals surface area (Å²) in [5.41, 5.74) is 2.37. The van der Waals surface area contributed by atoms with Crippen LogP contribution in [0.3, 0.4) is 0 Å². The van der Waals surface area contributed by atoms with Crippen LogP contribution in [0.1, 0.15) is 6.42 Å². The molecule has 1 aromatic carbocycles. The van der Waals surface area contributed by atoms with Crippen molar-refractivity contribution in [3.63, 3.8) is 0 Å². The molecule has 8 nitrogen and oxygen atoms in total. The molecule has 0 unspecified atom stereocenters. The van der Waals surface area contributed by atoms with E-state index in [-0.39, 0.29) is 24.4 Å². The van der Waals surface area contributed by atoms with Gasteiger partial charge in [-0.25, -0.2) is 4.98 Å². The topological polar surface area (TPSA) is 86.9 Å². The van der Waals surface area contributed by atoms with Gasteiger partial charge in [0.05, 0.1) is 5.52 Å². The number of rotatable bonds is 4.